The number of hydrogen-bond donors (Lipinski definition) is 3. The molecule has 7 nitrogen and oxygen atoms in total. The van der Waals surface area contributed by atoms with Gasteiger partial charge in [0, 0.05) is 17.6 Å². The zero-order valence-electron chi connectivity index (χ0n) is 14.5. The SMILES string of the molecule is COc1ccc(Nc2nc(C(=O)NCC(=O)NCC(C)C)cs2)cc1. The molecule has 8 heteroatoms. The molecule has 0 fully saturated rings. The molecule has 0 spiro atoms. The maximum absolute atomic E-state index is 12.0. The molecule has 2 aromatic rings. The van der Waals surface area contributed by atoms with Crippen molar-refractivity contribution < 1.29 is 14.3 Å². The van der Waals surface area contributed by atoms with Gasteiger partial charge in [-0.2, -0.15) is 0 Å². The Balaban J connectivity index is 1.85. The van der Waals surface area contributed by atoms with Gasteiger partial charge in [-0.25, -0.2) is 4.98 Å². The van der Waals surface area contributed by atoms with Gasteiger partial charge in [0.2, 0.25) is 5.91 Å². The molecule has 0 saturated carbocycles. The van der Waals surface area contributed by atoms with Gasteiger partial charge in [-0.3, -0.25) is 9.59 Å². The van der Waals surface area contributed by atoms with Crippen molar-refractivity contribution in [2.24, 2.45) is 5.92 Å². The number of methoxy groups -OCH3 is 1. The summed E-state index contributed by atoms with van der Waals surface area (Å²) in [5.41, 5.74) is 1.12. The smallest absolute Gasteiger partial charge is 0.271 e. The first-order chi connectivity index (χ1) is 12.0. The first-order valence-corrected chi connectivity index (χ1v) is 8.77. The molecule has 0 unspecified atom stereocenters. The van der Waals surface area contributed by atoms with E-state index in [4.69, 9.17) is 4.74 Å². The van der Waals surface area contributed by atoms with Gasteiger partial charge in [-0.05, 0) is 30.2 Å². The van der Waals surface area contributed by atoms with E-state index in [1.807, 2.05) is 38.1 Å². The van der Waals surface area contributed by atoms with Crippen LogP contribution >= 0.6 is 11.3 Å². The molecule has 1 heterocycles. The van der Waals surface area contributed by atoms with Crippen LogP contribution in [-0.2, 0) is 4.79 Å². The summed E-state index contributed by atoms with van der Waals surface area (Å²) in [6.45, 7) is 4.53. The van der Waals surface area contributed by atoms with E-state index in [-0.39, 0.29) is 24.1 Å². The fraction of sp³-hybridized carbons (Fsp3) is 0.353. The molecular weight excluding hydrogens is 340 g/mol. The van der Waals surface area contributed by atoms with Gasteiger partial charge < -0.3 is 20.7 Å². The van der Waals surface area contributed by atoms with Crippen LogP contribution in [0.2, 0.25) is 0 Å². The third-order valence-corrected chi connectivity index (χ3v) is 3.95. The number of benzene rings is 1. The number of hydrogen-bond acceptors (Lipinski definition) is 6. The highest BCUT2D eigenvalue weighted by molar-refractivity contribution is 7.14. The van der Waals surface area contributed by atoms with Crippen molar-refractivity contribution in [1.82, 2.24) is 15.6 Å². The number of ether oxygens (including phenoxy) is 1. The molecule has 0 aliphatic heterocycles. The molecule has 2 amide bonds. The minimum atomic E-state index is -0.376. The number of carbonyl (C=O) groups is 2. The van der Waals surface area contributed by atoms with E-state index in [0.29, 0.717) is 17.6 Å². The Morgan fingerprint density at radius 3 is 2.56 bits per heavy atom. The van der Waals surface area contributed by atoms with Crippen molar-refractivity contribution in [3.63, 3.8) is 0 Å². The molecule has 0 radical (unpaired) electrons. The van der Waals surface area contributed by atoms with Crippen molar-refractivity contribution in [3.8, 4) is 5.75 Å². The number of amides is 2. The predicted octanol–water partition coefficient (Wildman–Crippen LogP) is 2.40. The molecule has 0 saturated heterocycles. The molecule has 0 atom stereocenters. The van der Waals surface area contributed by atoms with Crippen molar-refractivity contribution in [3.05, 3.63) is 35.3 Å². The average Bonchev–Trinajstić information content (AvgIpc) is 3.07. The summed E-state index contributed by atoms with van der Waals surface area (Å²) >= 11 is 1.32. The highest BCUT2D eigenvalue weighted by Gasteiger charge is 2.12. The van der Waals surface area contributed by atoms with Gasteiger partial charge in [0.05, 0.1) is 13.7 Å². The molecule has 3 N–H and O–H groups in total. The summed E-state index contributed by atoms with van der Waals surface area (Å²) < 4.78 is 5.11. The Labute approximate surface area is 150 Å². The standard InChI is InChI=1S/C17H22N4O3S/c1-11(2)8-18-15(22)9-19-16(23)14-10-25-17(21-14)20-12-4-6-13(24-3)7-5-12/h4-7,10-11H,8-9H2,1-3H3,(H,18,22)(H,19,23)(H,20,21). The molecule has 0 aliphatic carbocycles. The minimum Gasteiger partial charge on any atom is -0.497 e. The van der Waals surface area contributed by atoms with E-state index >= 15 is 0 Å². The quantitative estimate of drug-likeness (QED) is 0.671. The second-order valence-corrected chi connectivity index (χ2v) is 6.63. The highest BCUT2D eigenvalue weighted by atomic mass is 32.1. The van der Waals surface area contributed by atoms with E-state index < -0.39 is 0 Å². The van der Waals surface area contributed by atoms with Gasteiger partial charge in [0.15, 0.2) is 5.13 Å². The van der Waals surface area contributed by atoms with Gasteiger partial charge in [0.25, 0.3) is 5.91 Å². The molecular formula is C17H22N4O3S. The summed E-state index contributed by atoms with van der Waals surface area (Å²) in [4.78, 5) is 27.9. The van der Waals surface area contributed by atoms with Gasteiger partial charge in [-0.1, -0.05) is 13.8 Å². The lowest BCUT2D eigenvalue weighted by atomic mass is 10.2. The van der Waals surface area contributed by atoms with Crippen molar-refractivity contribution >= 4 is 34.0 Å². The number of anilines is 2. The summed E-state index contributed by atoms with van der Waals surface area (Å²) in [6.07, 6.45) is 0. The van der Waals surface area contributed by atoms with E-state index in [2.05, 4.69) is 20.9 Å². The van der Waals surface area contributed by atoms with E-state index in [0.717, 1.165) is 11.4 Å². The maximum Gasteiger partial charge on any atom is 0.271 e. The van der Waals surface area contributed by atoms with Gasteiger partial charge >= 0.3 is 0 Å². The maximum atomic E-state index is 12.0. The lowest BCUT2D eigenvalue weighted by Gasteiger charge is -2.07. The van der Waals surface area contributed by atoms with Crippen LogP contribution in [0, 0.1) is 5.92 Å². The van der Waals surface area contributed by atoms with Crippen LogP contribution in [0.1, 0.15) is 24.3 Å². The average molecular weight is 362 g/mol. The zero-order valence-corrected chi connectivity index (χ0v) is 15.3. The number of thiazole rings is 1. The Morgan fingerprint density at radius 2 is 1.92 bits per heavy atom. The molecule has 0 bridgehead atoms. The normalized spacial score (nSPS) is 10.4. The lowest BCUT2D eigenvalue weighted by Crippen LogP contribution is -2.38. The van der Waals surface area contributed by atoms with Crippen LogP contribution in [0.3, 0.4) is 0 Å². The Bertz CT molecular complexity index is 713. The second-order valence-electron chi connectivity index (χ2n) is 5.77. The van der Waals surface area contributed by atoms with Crippen LogP contribution in [-0.4, -0.2) is 37.0 Å². The number of aromatic nitrogens is 1. The lowest BCUT2D eigenvalue weighted by molar-refractivity contribution is -0.120. The van der Waals surface area contributed by atoms with E-state index in [9.17, 15) is 9.59 Å². The molecule has 2 rings (SSSR count). The Morgan fingerprint density at radius 1 is 1.20 bits per heavy atom. The van der Waals surface area contributed by atoms with Crippen LogP contribution < -0.4 is 20.7 Å². The van der Waals surface area contributed by atoms with Crippen LogP contribution in [0.5, 0.6) is 5.75 Å². The number of nitrogens with zero attached hydrogens (tertiary/aromatic N) is 1. The van der Waals surface area contributed by atoms with Crippen LogP contribution in [0.4, 0.5) is 10.8 Å². The molecule has 0 aliphatic rings. The molecule has 25 heavy (non-hydrogen) atoms. The molecule has 1 aromatic heterocycles. The van der Waals surface area contributed by atoms with E-state index in [1.54, 1.807) is 12.5 Å². The summed E-state index contributed by atoms with van der Waals surface area (Å²) in [5, 5.41) is 10.7. The first-order valence-electron chi connectivity index (χ1n) is 7.89. The summed E-state index contributed by atoms with van der Waals surface area (Å²) in [7, 11) is 1.61. The molecule has 1 aromatic carbocycles. The minimum absolute atomic E-state index is 0.0652. The topological polar surface area (TPSA) is 92.3 Å². The summed E-state index contributed by atoms with van der Waals surface area (Å²) in [6, 6.07) is 7.39. The Hall–Kier alpha value is -2.61. The Kier molecular flexibility index (Phi) is 6.76. The monoisotopic (exact) mass is 362 g/mol. The molecule has 134 valence electrons. The van der Waals surface area contributed by atoms with Crippen molar-refractivity contribution in [2.45, 2.75) is 13.8 Å². The van der Waals surface area contributed by atoms with Crippen molar-refractivity contribution in [2.75, 3.05) is 25.5 Å². The number of rotatable bonds is 8. The summed E-state index contributed by atoms with van der Waals surface area (Å²) in [5.74, 6) is 0.540. The third kappa shape index (κ3) is 6.07. The first kappa shape index (κ1) is 18.7. The fourth-order valence-corrected chi connectivity index (χ4v) is 2.58. The fourth-order valence-electron chi connectivity index (χ4n) is 1.86. The number of nitrogens with one attached hydrogen (secondary N) is 3. The van der Waals surface area contributed by atoms with Crippen molar-refractivity contribution in [1.29, 1.82) is 0 Å². The third-order valence-electron chi connectivity index (χ3n) is 3.20. The van der Waals surface area contributed by atoms with E-state index in [1.165, 1.54) is 11.3 Å². The largest absolute Gasteiger partial charge is 0.497 e. The van der Waals surface area contributed by atoms with Gasteiger partial charge in [-0.15, -0.1) is 11.3 Å². The second kappa shape index (κ2) is 9.03. The van der Waals surface area contributed by atoms with Crippen LogP contribution in [0.15, 0.2) is 29.6 Å². The predicted molar refractivity (Wildman–Crippen MR) is 98.6 cm³/mol. The zero-order chi connectivity index (χ0) is 18.2. The highest BCUT2D eigenvalue weighted by Crippen LogP contribution is 2.22. The van der Waals surface area contributed by atoms with Gasteiger partial charge in [0.1, 0.15) is 11.4 Å². The number of carbonyl (C=O) groups excluding carboxylic acids is 2. The van der Waals surface area contributed by atoms with Crippen LogP contribution in [0.25, 0.3) is 0 Å².